The average Bonchev–Trinajstić information content (AvgIpc) is 2.58. The van der Waals surface area contributed by atoms with Crippen LogP contribution < -0.4 is 0 Å². The molecule has 2 aliphatic heterocycles. The van der Waals surface area contributed by atoms with Crippen molar-refractivity contribution < 1.29 is 4.79 Å². The number of fused-ring (bicyclic) bond motifs is 2. The van der Waals surface area contributed by atoms with Crippen LogP contribution in [0.15, 0.2) is 30.3 Å². The first-order chi connectivity index (χ1) is 8.69. The molecule has 2 fully saturated rings. The van der Waals surface area contributed by atoms with E-state index in [0.29, 0.717) is 12.6 Å². The average molecular weight is 243 g/mol. The number of nitrogens with zero attached hydrogens (tertiary/aromatic N) is 1. The third-order valence-corrected chi connectivity index (χ3v) is 4.81. The van der Waals surface area contributed by atoms with Crippen LogP contribution in [-0.4, -0.2) is 28.8 Å². The Morgan fingerprint density at radius 2 is 2.06 bits per heavy atom. The molecule has 2 saturated heterocycles. The molecular formula is C16H21NO. The highest BCUT2D eigenvalue weighted by Crippen LogP contribution is 2.43. The van der Waals surface area contributed by atoms with Gasteiger partial charge in [-0.1, -0.05) is 36.8 Å². The molecule has 2 heterocycles. The van der Waals surface area contributed by atoms with Gasteiger partial charge >= 0.3 is 0 Å². The van der Waals surface area contributed by atoms with Crippen LogP contribution in [0.4, 0.5) is 0 Å². The predicted octanol–water partition coefficient (Wildman–Crippen LogP) is 3.28. The molecule has 3 rings (SSSR count). The summed E-state index contributed by atoms with van der Waals surface area (Å²) in [7, 11) is 0. The molecule has 96 valence electrons. The Morgan fingerprint density at radius 1 is 1.28 bits per heavy atom. The van der Waals surface area contributed by atoms with E-state index in [1.54, 1.807) is 0 Å². The van der Waals surface area contributed by atoms with Crippen LogP contribution in [0.2, 0.25) is 0 Å². The van der Waals surface area contributed by atoms with Gasteiger partial charge in [0.15, 0.2) is 5.78 Å². The number of ketones is 1. The second-order valence-electron chi connectivity index (χ2n) is 6.00. The molecule has 0 spiro atoms. The van der Waals surface area contributed by atoms with Crippen molar-refractivity contribution in [2.45, 2.75) is 50.6 Å². The lowest BCUT2D eigenvalue weighted by molar-refractivity contribution is 0.0564. The minimum absolute atomic E-state index is 0.274. The minimum atomic E-state index is 0.274. The van der Waals surface area contributed by atoms with E-state index < -0.39 is 0 Å². The zero-order valence-electron chi connectivity index (χ0n) is 11.1. The second-order valence-corrected chi connectivity index (χ2v) is 6.00. The lowest BCUT2D eigenvalue weighted by atomic mass is 9.90. The van der Waals surface area contributed by atoms with Crippen molar-refractivity contribution >= 4 is 5.78 Å². The maximum absolute atomic E-state index is 12.3. The maximum Gasteiger partial charge on any atom is 0.176 e. The van der Waals surface area contributed by atoms with Crippen molar-refractivity contribution in [3.8, 4) is 0 Å². The van der Waals surface area contributed by atoms with Crippen molar-refractivity contribution in [3.05, 3.63) is 35.9 Å². The molecule has 0 N–H and O–H groups in total. The number of hydrogen-bond acceptors (Lipinski definition) is 2. The highest BCUT2D eigenvalue weighted by molar-refractivity contribution is 5.97. The number of rotatable bonds is 3. The van der Waals surface area contributed by atoms with Gasteiger partial charge in [0.1, 0.15) is 0 Å². The van der Waals surface area contributed by atoms with E-state index in [-0.39, 0.29) is 11.3 Å². The molecule has 0 amide bonds. The summed E-state index contributed by atoms with van der Waals surface area (Å²) in [5.74, 6) is 0.274. The van der Waals surface area contributed by atoms with Gasteiger partial charge in [0.25, 0.3) is 0 Å². The first-order valence-corrected chi connectivity index (χ1v) is 7.04. The lowest BCUT2D eigenvalue weighted by Crippen LogP contribution is -2.50. The van der Waals surface area contributed by atoms with Crippen LogP contribution in [0.1, 0.15) is 49.4 Å². The van der Waals surface area contributed by atoms with Crippen LogP contribution in [0.3, 0.4) is 0 Å². The first-order valence-electron chi connectivity index (χ1n) is 7.04. The summed E-state index contributed by atoms with van der Waals surface area (Å²) in [6.07, 6.45) is 6.40. The van der Waals surface area contributed by atoms with Gasteiger partial charge in [0.2, 0.25) is 0 Å². The molecule has 2 atom stereocenters. The molecule has 2 unspecified atom stereocenters. The predicted molar refractivity (Wildman–Crippen MR) is 72.8 cm³/mol. The summed E-state index contributed by atoms with van der Waals surface area (Å²) in [6.45, 7) is 2.94. The number of carbonyl (C=O) groups excluding carboxylic acids is 1. The van der Waals surface area contributed by atoms with Crippen LogP contribution in [-0.2, 0) is 0 Å². The third kappa shape index (κ3) is 1.99. The minimum Gasteiger partial charge on any atom is -0.293 e. The highest BCUT2D eigenvalue weighted by Gasteiger charge is 2.45. The molecule has 0 aromatic heterocycles. The number of piperidine rings is 1. The molecular weight excluding hydrogens is 222 g/mol. The van der Waals surface area contributed by atoms with Gasteiger partial charge in [-0.05, 0) is 32.6 Å². The van der Waals surface area contributed by atoms with Gasteiger partial charge in [-0.3, -0.25) is 9.69 Å². The molecule has 2 heteroatoms. The summed E-state index contributed by atoms with van der Waals surface area (Å²) < 4.78 is 0. The van der Waals surface area contributed by atoms with E-state index in [9.17, 15) is 4.79 Å². The zero-order valence-corrected chi connectivity index (χ0v) is 11.1. The summed E-state index contributed by atoms with van der Waals surface area (Å²) in [5, 5.41) is 0. The highest BCUT2D eigenvalue weighted by atomic mass is 16.1. The molecule has 2 nitrogen and oxygen atoms in total. The smallest absolute Gasteiger partial charge is 0.176 e. The molecule has 2 aliphatic rings. The summed E-state index contributed by atoms with van der Waals surface area (Å²) in [5.41, 5.74) is 1.14. The third-order valence-electron chi connectivity index (χ3n) is 4.81. The quantitative estimate of drug-likeness (QED) is 0.759. The first kappa shape index (κ1) is 11.9. The standard InChI is InChI=1S/C16H21NO/c1-16-10-5-8-14(9-11-16)17(16)12-15(18)13-6-3-2-4-7-13/h2-4,6-7,14H,5,8-12H2,1H3. The summed E-state index contributed by atoms with van der Waals surface area (Å²) >= 11 is 0. The Hall–Kier alpha value is -1.15. The fourth-order valence-electron chi connectivity index (χ4n) is 3.70. The Morgan fingerprint density at radius 3 is 2.78 bits per heavy atom. The van der Waals surface area contributed by atoms with Gasteiger partial charge in [0, 0.05) is 17.1 Å². The van der Waals surface area contributed by atoms with Crippen molar-refractivity contribution in [3.63, 3.8) is 0 Å². The topological polar surface area (TPSA) is 20.3 Å². The summed E-state index contributed by atoms with van der Waals surface area (Å²) in [6, 6.07) is 10.4. The molecule has 2 bridgehead atoms. The Labute approximate surface area is 109 Å². The molecule has 0 saturated carbocycles. The summed E-state index contributed by atoms with van der Waals surface area (Å²) in [4.78, 5) is 14.8. The van der Waals surface area contributed by atoms with Crippen molar-refractivity contribution in [1.29, 1.82) is 0 Å². The van der Waals surface area contributed by atoms with Crippen molar-refractivity contribution in [2.24, 2.45) is 0 Å². The number of carbonyl (C=O) groups is 1. The molecule has 0 radical (unpaired) electrons. The van der Waals surface area contributed by atoms with Gasteiger partial charge in [-0.2, -0.15) is 0 Å². The van der Waals surface area contributed by atoms with E-state index in [1.807, 2.05) is 30.3 Å². The molecule has 0 aliphatic carbocycles. The maximum atomic E-state index is 12.3. The SMILES string of the molecule is CC12CCCC(CC1)N2CC(=O)c1ccccc1. The number of benzene rings is 1. The van der Waals surface area contributed by atoms with E-state index >= 15 is 0 Å². The fourth-order valence-corrected chi connectivity index (χ4v) is 3.70. The molecule has 1 aromatic rings. The van der Waals surface area contributed by atoms with Crippen molar-refractivity contribution in [1.82, 2.24) is 4.90 Å². The normalized spacial score (nSPS) is 31.5. The van der Waals surface area contributed by atoms with Crippen LogP contribution in [0, 0.1) is 0 Å². The Bertz CT molecular complexity index is 438. The fraction of sp³-hybridized carbons (Fsp3) is 0.562. The largest absolute Gasteiger partial charge is 0.293 e. The van der Waals surface area contributed by atoms with E-state index in [0.717, 1.165) is 5.56 Å². The second kappa shape index (κ2) is 4.51. The zero-order chi connectivity index (χ0) is 12.6. The lowest BCUT2D eigenvalue weighted by Gasteiger charge is -2.42. The van der Waals surface area contributed by atoms with Crippen LogP contribution in [0.5, 0.6) is 0 Å². The number of hydrogen-bond donors (Lipinski definition) is 0. The van der Waals surface area contributed by atoms with Gasteiger partial charge < -0.3 is 0 Å². The van der Waals surface area contributed by atoms with E-state index in [2.05, 4.69) is 11.8 Å². The monoisotopic (exact) mass is 243 g/mol. The van der Waals surface area contributed by atoms with Crippen LogP contribution >= 0.6 is 0 Å². The van der Waals surface area contributed by atoms with Gasteiger partial charge in [-0.15, -0.1) is 0 Å². The van der Waals surface area contributed by atoms with E-state index in [1.165, 1.54) is 32.1 Å². The van der Waals surface area contributed by atoms with Gasteiger partial charge in [0.05, 0.1) is 6.54 Å². The molecule has 1 aromatic carbocycles. The van der Waals surface area contributed by atoms with Gasteiger partial charge in [-0.25, -0.2) is 0 Å². The Balaban J connectivity index is 1.75. The van der Waals surface area contributed by atoms with Crippen molar-refractivity contribution in [2.75, 3.05) is 6.54 Å². The molecule has 18 heavy (non-hydrogen) atoms. The van der Waals surface area contributed by atoms with Crippen LogP contribution in [0.25, 0.3) is 0 Å². The number of Topliss-reactive ketones (excluding diaryl/α,β-unsaturated/α-hetero) is 1. The van der Waals surface area contributed by atoms with E-state index in [4.69, 9.17) is 0 Å². The Kier molecular flexibility index (Phi) is 2.98.